The number of benzene rings is 1. The number of halogens is 2. The van der Waals surface area contributed by atoms with Gasteiger partial charge in [0, 0.05) is 5.56 Å². The summed E-state index contributed by atoms with van der Waals surface area (Å²) in [6, 6.07) is 3.21. The Kier molecular flexibility index (Phi) is 3.69. The zero-order valence-corrected chi connectivity index (χ0v) is 12.9. The largest absolute Gasteiger partial charge is 0.465 e. The number of nitrogens with zero attached hydrogens (tertiary/aromatic N) is 1. The third-order valence-electron chi connectivity index (χ3n) is 3.36. The molecule has 1 aromatic carbocycles. The van der Waals surface area contributed by atoms with Gasteiger partial charge in [-0.25, -0.2) is 18.6 Å². The van der Waals surface area contributed by atoms with Crippen molar-refractivity contribution in [1.29, 1.82) is 0 Å². The summed E-state index contributed by atoms with van der Waals surface area (Å²) in [6.45, 7) is 1.62. The molecule has 118 valence electrons. The van der Waals surface area contributed by atoms with Crippen LogP contribution in [0.4, 0.5) is 8.78 Å². The van der Waals surface area contributed by atoms with Crippen molar-refractivity contribution < 1.29 is 18.3 Å². The van der Waals surface area contributed by atoms with Crippen molar-refractivity contribution >= 4 is 27.5 Å². The maximum Gasteiger partial charge on any atom is 0.348 e. The second-order valence-corrected chi connectivity index (χ2v) is 5.77. The quantitative estimate of drug-likeness (QED) is 0.730. The number of carbonyl (C=O) groups excluding carboxylic acids is 1. The summed E-state index contributed by atoms with van der Waals surface area (Å²) in [5.74, 6) is -2.49. The lowest BCUT2D eigenvalue weighted by Gasteiger charge is -2.02. The molecule has 0 radical (unpaired) electrons. The van der Waals surface area contributed by atoms with Gasteiger partial charge in [-0.05, 0) is 30.7 Å². The van der Waals surface area contributed by atoms with Crippen LogP contribution in [-0.4, -0.2) is 23.0 Å². The fourth-order valence-electron chi connectivity index (χ4n) is 2.21. The van der Waals surface area contributed by atoms with Crippen LogP contribution in [0.15, 0.2) is 23.0 Å². The van der Waals surface area contributed by atoms with E-state index in [1.165, 1.54) is 13.2 Å². The highest BCUT2D eigenvalue weighted by molar-refractivity contribution is 7.20. The highest BCUT2D eigenvalue weighted by Crippen LogP contribution is 2.29. The molecule has 0 fully saturated rings. The minimum absolute atomic E-state index is 0.0964. The third kappa shape index (κ3) is 2.50. The minimum atomic E-state index is -1.04. The molecule has 0 spiro atoms. The molecule has 3 aromatic rings. The van der Waals surface area contributed by atoms with Gasteiger partial charge in [0.25, 0.3) is 5.56 Å². The van der Waals surface area contributed by atoms with E-state index >= 15 is 0 Å². The lowest BCUT2D eigenvalue weighted by Crippen LogP contribution is -2.09. The van der Waals surface area contributed by atoms with Crippen LogP contribution in [0, 0.1) is 18.6 Å². The molecule has 3 rings (SSSR count). The highest BCUT2D eigenvalue weighted by Gasteiger charge is 2.20. The average Bonchev–Trinajstić information content (AvgIpc) is 2.86. The van der Waals surface area contributed by atoms with Gasteiger partial charge < -0.3 is 9.72 Å². The molecule has 2 heterocycles. The van der Waals surface area contributed by atoms with Gasteiger partial charge in [-0.3, -0.25) is 4.79 Å². The maximum atomic E-state index is 13.3. The number of esters is 1. The van der Waals surface area contributed by atoms with E-state index in [4.69, 9.17) is 0 Å². The Morgan fingerprint density at radius 3 is 2.70 bits per heavy atom. The number of hydrogen-bond donors (Lipinski definition) is 1. The van der Waals surface area contributed by atoms with Gasteiger partial charge in [-0.2, -0.15) is 0 Å². The molecule has 0 aliphatic carbocycles. The van der Waals surface area contributed by atoms with Gasteiger partial charge in [0.2, 0.25) is 0 Å². The van der Waals surface area contributed by atoms with Gasteiger partial charge in [0.15, 0.2) is 11.6 Å². The van der Waals surface area contributed by atoms with Crippen LogP contribution >= 0.6 is 11.3 Å². The monoisotopic (exact) mass is 336 g/mol. The molecule has 0 unspecified atom stereocenters. The topological polar surface area (TPSA) is 72.0 Å². The molecule has 23 heavy (non-hydrogen) atoms. The van der Waals surface area contributed by atoms with Crippen LogP contribution in [0.25, 0.3) is 21.6 Å². The van der Waals surface area contributed by atoms with Gasteiger partial charge in [0.05, 0.1) is 12.5 Å². The number of aromatic amines is 1. The smallest absolute Gasteiger partial charge is 0.348 e. The number of carbonyl (C=O) groups is 1. The lowest BCUT2D eigenvalue weighted by molar-refractivity contribution is 0.0605. The predicted octanol–water partition coefficient (Wildman–Crippen LogP) is 3.02. The number of methoxy groups -OCH3 is 1. The van der Waals surface area contributed by atoms with Crippen LogP contribution in [0.2, 0.25) is 0 Å². The van der Waals surface area contributed by atoms with E-state index in [1.54, 1.807) is 6.92 Å². The molecule has 0 aliphatic rings. The Labute approximate surface area is 132 Å². The first-order chi connectivity index (χ1) is 10.9. The molecule has 0 amide bonds. The summed E-state index contributed by atoms with van der Waals surface area (Å²) in [6.07, 6.45) is 0. The first-order valence-electron chi connectivity index (χ1n) is 6.49. The van der Waals surface area contributed by atoms with Crippen LogP contribution in [0.5, 0.6) is 0 Å². The molecule has 2 aromatic heterocycles. The van der Waals surface area contributed by atoms with Gasteiger partial charge in [-0.1, -0.05) is 0 Å². The zero-order chi connectivity index (χ0) is 16.7. The maximum absolute atomic E-state index is 13.3. The predicted molar refractivity (Wildman–Crippen MR) is 81.7 cm³/mol. The van der Waals surface area contributed by atoms with Gasteiger partial charge in [0.1, 0.15) is 15.5 Å². The molecule has 0 atom stereocenters. The summed E-state index contributed by atoms with van der Waals surface area (Å²) in [5, 5.41) is 0.279. The summed E-state index contributed by atoms with van der Waals surface area (Å²) in [4.78, 5) is 31.3. The molecule has 0 saturated carbocycles. The van der Waals surface area contributed by atoms with Crippen molar-refractivity contribution in [2.24, 2.45) is 0 Å². The Morgan fingerprint density at radius 1 is 1.30 bits per heavy atom. The van der Waals surface area contributed by atoms with E-state index < -0.39 is 23.2 Å². The number of hydrogen-bond acceptors (Lipinski definition) is 5. The van der Waals surface area contributed by atoms with Crippen molar-refractivity contribution in [3.8, 4) is 11.4 Å². The number of fused-ring (bicyclic) bond motifs is 1. The molecular formula is C15H10F2N2O3S. The second-order valence-electron chi connectivity index (χ2n) is 4.77. The first kappa shape index (κ1) is 15.3. The summed E-state index contributed by atoms with van der Waals surface area (Å²) >= 11 is 1.01. The van der Waals surface area contributed by atoms with E-state index in [0.29, 0.717) is 10.4 Å². The SMILES string of the molecule is COC(=O)c1sc2nc(-c3ccc(F)c(F)c3)[nH]c(=O)c2c1C. The molecule has 1 N–H and O–H groups in total. The summed E-state index contributed by atoms with van der Waals surface area (Å²) in [7, 11) is 1.25. The van der Waals surface area contributed by atoms with Crippen molar-refractivity contribution in [2.75, 3.05) is 7.11 Å². The van der Waals surface area contributed by atoms with Crippen LogP contribution in [0.3, 0.4) is 0 Å². The highest BCUT2D eigenvalue weighted by atomic mass is 32.1. The number of ether oxygens (including phenoxy) is 1. The fourth-order valence-corrected chi connectivity index (χ4v) is 3.31. The summed E-state index contributed by atoms with van der Waals surface area (Å²) < 4.78 is 31.0. The first-order valence-corrected chi connectivity index (χ1v) is 7.31. The Bertz CT molecular complexity index is 994. The number of rotatable bonds is 2. The van der Waals surface area contributed by atoms with Crippen molar-refractivity contribution in [3.05, 3.63) is 50.6 Å². The molecule has 8 heteroatoms. The number of nitrogens with one attached hydrogen (secondary N) is 1. The lowest BCUT2D eigenvalue weighted by atomic mass is 10.2. The average molecular weight is 336 g/mol. The van der Waals surface area contributed by atoms with Crippen molar-refractivity contribution in [3.63, 3.8) is 0 Å². The fraction of sp³-hybridized carbons (Fsp3) is 0.133. The number of aryl methyl sites for hydroxylation is 1. The number of aromatic nitrogens is 2. The van der Waals surface area contributed by atoms with Gasteiger partial charge >= 0.3 is 5.97 Å². The standard InChI is InChI=1S/C15H10F2N2O3S/c1-6-10-13(20)18-12(7-3-4-8(16)9(17)5-7)19-14(10)23-11(6)15(21)22-2/h3-5H,1-2H3,(H,18,19,20). The minimum Gasteiger partial charge on any atom is -0.465 e. The van der Waals surface area contributed by atoms with Crippen LogP contribution < -0.4 is 5.56 Å². The molecule has 5 nitrogen and oxygen atoms in total. The van der Waals surface area contributed by atoms with E-state index in [0.717, 1.165) is 23.5 Å². The van der Waals surface area contributed by atoms with Crippen LogP contribution in [0.1, 0.15) is 15.2 Å². The molecule has 0 saturated heterocycles. The number of H-pyrrole nitrogens is 1. The molecule has 0 bridgehead atoms. The Balaban J connectivity index is 2.23. The van der Waals surface area contributed by atoms with Crippen molar-refractivity contribution in [2.45, 2.75) is 6.92 Å². The normalized spacial score (nSPS) is 11.0. The molecular weight excluding hydrogens is 326 g/mol. The van der Waals surface area contributed by atoms with E-state index in [2.05, 4.69) is 14.7 Å². The zero-order valence-electron chi connectivity index (χ0n) is 12.1. The Hall–Kier alpha value is -2.61. The summed E-state index contributed by atoms with van der Waals surface area (Å²) in [5.41, 5.74) is 0.245. The van der Waals surface area contributed by atoms with E-state index in [1.807, 2.05) is 0 Å². The van der Waals surface area contributed by atoms with Crippen molar-refractivity contribution in [1.82, 2.24) is 9.97 Å². The third-order valence-corrected chi connectivity index (χ3v) is 4.53. The van der Waals surface area contributed by atoms with E-state index in [9.17, 15) is 18.4 Å². The Morgan fingerprint density at radius 2 is 2.04 bits per heavy atom. The number of thiophene rings is 1. The van der Waals surface area contributed by atoms with Gasteiger partial charge in [-0.15, -0.1) is 11.3 Å². The molecule has 0 aliphatic heterocycles. The van der Waals surface area contributed by atoms with E-state index in [-0.39, 0.29) is 21.7 Å². The van der Waals surface area contributed by atoms with Crippen LogP contribution in [-0.2, 0) is 4.74 Å². The second kappa shape index (κ2) is 5.54.